The monoisotopic (exact) mass is 394 g/mol. The molecule has 110 valence electrons. The number of rotatable bonds is 2. The number of aryl methyl sites for hydroxylation is 1. The minimum atomic E-state index is -0.308. The molecular weight excluding hydrogens is 387 g/mol. The van der Waals surface area contributed by atoms with E-state index in [0.717, 1.165) is 20.4 Å². The number of thiophene rings is 1. The molecule has 3 heterocycles. The molecule has 0 spiro atoms. The van der Waals surface area contributed by atoms with E-state index in [0.29, 0.717) is 10.3 Å². The molecule has 0 fully saturated rings. The zero-order chi connectivity index (χ0) is 15.3. The van der Waals surface area contributed by atoms with E-state index in [1.165, 1.54) is 23.0 Å². The summed E-state index contributed by atoms with van der Waals surface area (Å²) < 4.78 is 15.5. The molecule has 4 nitrogen and oxygen atoms in total. The second kappa shape index (κ2) is 5.22. The zero-order valence-electron chi connectivity index (χ0n) is 11.2. The van der Waals surface area contributed by atoms with Gasteiger partial charge in [-0.3, -0.25) is 0 Å². The topological polar surface area (TPSA) is 43.1 Å². The third-order valence-electron chi connectivity index (χ3n) is 3.23. The van der Waals surface area contributed by atoms with Crippen molar-refractivity contribution in [1.82, 2.24) is 19.8 Å². The predicted octanol–water partition coefficient (Wildman–Crippen LogP) is 4.79. The molecule has 0 aliphatic rings. The van der Waals surface area contributed by atoms with E-state index in [4.69, 9.17) is 0 Å². The van der Waals surface area contributed by atoms with Gasteiger partial charge in [0.15, 0.2) is 10.8 Å². The molecular formula is C14H8BrFN4S2. The first kappa shape index (κ1) is 14.0. The van der Waals surface area contributed by atoms with Crippen molar-refractivity contribution in [2.75, 3.05) is 0 Å². The smallest absolute Gasteiger partial charge is 0.206 e. The Morgan fingerprint density at radius 1 is 1.23 bits per heavy atom. The van der Waals surface area contributed by atoms with Gasteiger partial charge < -0.3 is 0 Å². The lowest BCUT2D eigenvalue weighted by Crippen LogP contribution is -1.91. The number of halogens is 2. The number of nitrogens with zero attached hydrogens (tertiary/aromatic N) is 4. The Bertz CT molecular complexity index is 988. The van der Waals surface area contributed by atoms with Crippen LogP contribution in [0, 0.1) is 12.7 Å². The number of benzene rings is 1. The molecule has 0 saturated carbocycles. The van der Waals surface area contributed by atoms with Crippen LogP contribution in [0.4, 0.5) is 4.39 Å². The zero-order valence-corrected chi connectivity index (χ0v) is 14.5. The van der Waals surface area contributed by atoms with E-state index in [1.807, 2.05) is 5.38 Å². The number of hydrogen-bond acceptors (Lipinski definition) is 5. The molecule has 0 atom stereocenters. The van der Waals surface area contributed by atoms with Crippen LogP contribution >= 0.6 is 38.6 Å². The second-order valence-corrected chi connectivity index (χ2v) is 7.41. The highest BCUT2D eigenvalue weighted by atomic mass is 79.9. The largest absolute Gasteiger partial charge is 0.235 e. The van der Waals surface area contributed by atoms with Crippen LogP contribution in [0.25, 0.3) is 26.2 Å². The van der Waals surface area contributed by atoms with E-state index in [-0.39, 0.29) is 5.82 Å². The van der Waals surface area contributed by atoms with Crippen LogP contribution in [0.15, 0.2) is 34.1 Å². The fourth-order valence-electron chi connectivity index (χ4n) is 2.12. The van der Waals surface area contributed by atoms with E-state index in [1.54, 1.807) is 28.0 Å². The molecule has 0 radical (unpaired) electrons. The van der Waals surface area contributed by atoms with Crippen molar-refractivity contribution in [1.29, 1.82) is 0 Å². The Balaban J connectivity index is 1.87. The summed E-state index contributed by atoms with van der Waals surface area (Å²) in [6.45, 7) is 2.06. The quantitative estimate of drug-likeness (QED) is 0.490. The average molecular weight is 395 g/mol. The SMILES string of the molecule is Cc1ccsc1-c1nn2c(-c3ccc(F)c(Br)c3)nnc2s1. The van der Waals surface area contributed by atoms with Crippen LogP contribution < -0.4 is 0 Å². The van der Waals surface area contributed by atoms with Crippen molar-refractivity contribution < 1.29 is 4.39 Å². The lowest BCUT2D eigenvalue weighted by Gasteiger charge is -1.99. The number of aromatic nitrogens is 4. The highest BCUT2D eigenvalue weighted by molar-refractivity contribution is 9.10. The molecule has 0 aliphatic carbocycles. The van der Waals surface area contributed by atoms with E-state index >= 15 is 0 Å². The average Bonchev–Trinajstić information content (AvgIpc) is 3.16. The van der Waals surface area contributed by atoms with Gasteiger partial charge in [-0.2, -0.15) is 9.61 Å². The third kappa shape index (κ3) is 2.18. The lowest BCUT2D eigenvalue weighted by molar-refractivity contribution is 0.621. The molecule has 0 bridgehead atoms. The van der Waals surface area contributed by atoms with Gasteiger partial charge in [-0.15, -0.1) is 21.5 Å². The molecule has 0 N–H and O–H groups in total. The predicted molar refractivity (Wildman–Crippen MR) is 89.8 cm³/mol. The summed E-state index contributed by atoms with van der Waals surface area (Å²) in [5, 5.41) is 15.9. The van der Waals surface area contributed by atoms with Gasteiger partial charge in [-0.25, -0.2) is 4.39 Å². The van der Waals surface area contributed by atoms with E-state index in [2.05, 4.69) is 44.2 Å². The van der Waals surface area contributed by atoms with Gasteiger partial charge in [0.25, 0.3) is 0 Å². The maximum Gasteiger partial charge on any atom is 0.235 e. The summed E-state index contributed by atoms with van der Waals surface area (Å²) in [5.74, 6) is 0.296. The molecule has 8 heteroatoms. The highest BCUT2D eigenvalue weighted by Gasteiger charge is 2.16. The van der Waals surface area contributed by atoms with Crippen LogP contribution in [-0.2, 0) is 0 Å². The molecule has 4 aromatic rings. The van der Waals surface area contributed by atoms with Crippen molar-refractivity contribution in [3.63, 3.8) is 0 Å². The summed E-state index contributed by atoms with van der Waals surface area (Å²) in [7, 11) is 0. The van der Waals surface area contributed by atoms with Gasteiger partial charge in [0.05, 0.1) is 9.35 Å². The van der Waals surface area contributed by atoms with Crippen molar-refractivity contribution >= 4 is 43.6 Å². The van der Waals surface area contributed by atoms with Gasteiger partial charge in [0.1, 0.15) is 5.82 Å². The molecule has 1 aromatic carbocycles. The van der Waals surface area contributed by atoms with Crippen LogP contribution in [-0.4, -0.2) is 19.8 Å². The standard InChI is InChI=1S/C14H8BrFN4S2/c1-7-4-5-21-11(7)13-19-20-12(17-18-14(20)22-13)8-2-3-10(16)9(15)6-8/h2-6H,1H3. The van der Waals surface area contributed by atoms with Gasteiger partial charge in [-0.05, 0) is 58.1 Å². The van der Waals surface area contributed by atoms with Crippen molar-refractivity contribution in [2.24, 2.45) is 0 Å². The molecule has 22 heavy (non-hydrogen) atoms. The Morgan fingerprint density at radius 3 is 2.82 bits per heavy atom. The van der Waals surface area contributed by atoms with Crippen molar-refractivity contribution in [3.8, 4) is 21.3 Å². The van der Waals surface area contributed by atoms with E-state index in [9.17, 15) is 4.39 Å². The normalized spacial score (nSPS) is 11.4. The van der Waals surface area contributed by atoms with Crippen LogP contribution in [0.2, 0.25) is 0 Å². The first-order chi connectivity index (χ1) is 10.6. The van der Waals surface area contributed by atoms with Crippen LogP contribution in [0.1, 0.15) is 5.56 Å². The van der Waals surface area contributed by atoms with E-state index < -0.39 is 0 Å². The Labute approximate surface area is 141 Å². The maximum absolute atomic E-state index is 13.4. The Morgan fingerprint density at radius 2 is 2.09 bits per heavy atom. The minimum absolute atomic E-state index is 0.308. The first-order valence-electron chi connectivity index (χ1n) is 6.35. The van der Waals surface area contributed by atoms with Gasteiger partial charge in [0.2, 0.25) is 4.96 Å². The maximum atomic E-state index is 13.4. The fraction of sp³-hybridized carbons (Fsp3) is 0.0714. The summed E-state index contributed by atoms with van der Waals surface area (Å²) >= 11 is 6.34. The first-order valence-corrected chi connectivity index (χ1v) is 8.84. The fourth-order valence-corrected chi connectivity index (χ4v) is 4.41. The summed E-state index contributed by atoms with van der Waals surface area (Å²) in [4.78, 5) is 1.86. The van der Waals surface area contributed by atoms with Gasteiger partial charge >= 0.3 is 0 Å². The Kier molecular flexibility index (Phi) is 3.32. The molecule has 3 aromatic heterocycles. The molecule has 0 amide bonds. The number of fused-ring (bicyclic) bond motifs is 1. The molecule has 0 unspecified atom stereocenters. The van der Waals surface area contributed by atoms with Gasteiger partial charge in [-0.1, -0.05) is 11.3 Å². The molecule has 4 rings (SSSR count). The highest BCUT2D eigenvalue weighted by Crippen LogP contribution is 2.33. The van der Waals surface area contributed by atoms with Crippen molar-refractivity contribution in [3.05, 3.63) is 45.5 Å². The molecule has 0 saturated heterocycles. The van der Waals surface area contributed by atoms with Crippen LogP contribution in [0.3, 0.4) is 0 Å². The summed E-state index contributed by atoms with van der Waals surface area (Å²) in [5.41, 5.74) is 1.96. The molecule has 0 aliphatic heterocycles. The van der Waals surface area contributed by atoms with Crippen LogP contribution in [0.5, 0.6) is 0 Å². The lowest BCUT2D eigenvalue weighted by atomic mass is 10.2. The number of hydrogen-bond donors (Lipinski definition) is 0. The van der Waals surface area contributed by atoms with Crippen molar-refractivity contribution in [2.45, 2.75) is 6.92 Å². The minimum Gasteiger partial charge on any atom is -0.206 e. The summed E-state index contributed by atoms with van der Waals surface area (Å²) in [6.07, 6.45) is 0. The summed E-state index contributed by atoms with van der Waals surface area (Å²) in [6, 6.07) is 6.82. The Hall–Kier alpha value is -1.64. The third-order valence-corrected chi connectivity index (χ3v) is 5.90. The van der Waals surface area contributed by atoms with Gasteiger partial charge in [0, 0.05) is 5.56 Å². The second-order valence-electron chi connectivity index (χ2n) is 4.69.